The van der Waals surface area contributed by atoms with Gasteiger partial charge in [-0.25, -0.2) is 0 Å². The minimum atomic E-state index is -0.0723. The van der Waals surface area contributed by atoms with E-state index in [1.54, 1.807) is 19.2 Å². The van der Waals surface area contributed by atoms with E-state index in [2.05, 4.69) is 6.07 Å². The standard InChI is InChI=1S/C14H9O3.Re/c1-16-12-5-3-10-6-9-2-4-11(15)7-13(9)17-14(10)8-12;/h2-5,7-8H,1H3;/q-1;. The molecule has 0 bridgehead atoms. The fourth-order valence-corrected chi connectivity index (χ4v) is 1.77. The zero-order valence-corrected chi connectivity index (χ0v) is 12.3. The number of rotatable bonds is 1. The first-order valence-electron chi connectivity index (χ1n) is 5.20. The topological polar surface area (TPSA) is 39.4 Å². The van der Waals surface area contributed by atoms with E-state index in [1.165, 1.54) is 12.1 Å². The number of hydrogen-bond donors (Lipinski definition) is 0. The second-order valence-corrected chi connectivity index (χ2v) is 3.75. The number of methoxy groups -OCH3 is 1. The van der Waals surface area contributed by atoms with E-state index in [9.17, 15) is 4.79 Å². The van der Waals surface area contributed by atoms with Gasteiger partial charge in [0.1, 0.15) is 5.75 Å². The molecule has 1 heterocycles. The van der Waals surface area contributed by atoms with Crippen LogP contribution in [0.3, 0.4) is 0 Å². The summed E-state index contributed by atoms with van der Waals surface area (Å²) in [5, 5.41) is 0.858. The number of benzene rings is 2. The molecule has 91 valence electrons. The fraction of sp³-hybridized carbons (Fsp3) is 0.0714. The predicted octanol–water partition coefficient (Wildman–Crippen LogP) is 2.70. The molecule has 4 heteroatoms. The Morgan fingerprint density at radius 3 is 2.78 bits per heavy atom. The normalized spacial score (nSPS) is 10.3. The first kappa shape index (κ1) is 12.8. The van der Waals surface area contributed by atoms with Crippen LogP contribution in [-0.4, -0.2) is 7.11 Å². The van der Waals surface area contributed by atoms with Crippen LogP contribution in [0.1, 0.15) is 0 Å². The summed E-state index contributed by atoms with van der Waals surface area (Å²) < 4.78 is 10.8. The van der Waals surface area contributed by atoms with Gasteiger partial charge in [-0.15, -0.1) is 18.2 Å². The van der Waals surface area contributed by atoms with Gasteiger partial charge in [0.15, 0.2) is 5.43 Å². The molecule has 2 aliphatic rings. The average molecular weight is 411 g/mol. The minimum Gasteiger partial charge on any atom is -0.526 e. The molecular weight excluding hydrogens is 402 g/mol. The zero-order chi connectivity index (χ0) is 11.8. The van der Waals surface area contributed by atoms with Crippen LogP contribution in [0.25, 0.3) is 22.3 Å². The molecule has 0 fully saturated rings. The monoisotopic (exact) mass is 412 g/mol. The summed E-state index contributed by atoms with van der Waals surface area (Å²) in [6.45, 7) is 0. The summed E-state index contributed by atoms with van der Waals surface area (Å²) in [4.78, 5) is 11.2. The fourth-order valence-electron chi connectivity index (χ4n) is 1.77. The van der Waals surface area contributed by atoms with Crippen molar-refractivity contribution in [2.24, 2.45) is 0 Å². The summed E-state index contributed by atoms with van der Waals surface area (Å²) in [5.41, 5.74) is 1.38. The Morgan fingerprint density at radius 2 is 2.00 bits per heavy atom. The molecule has 1 aromatic carbocycles. The van der Waals surface area contributed by atoms with Crippen molar-refractivity contribution in [2.45, 2.75) is 0 Å². The Morgan fingerprint density at radius 1 is 1.17 bits per heavy atom. The molecule has 3 nitrogen and oxygen atoms in total. The van der Waals surface area contributed by atoms with Gasteiger partial charge in [0, 0.05) is 20.4 Å². The Bertz CT molecular complexity index is 718. The summed E-state index contributed by atoms with van der Waals surface area (Å²) in [6, 6.07) is 13.4. The Balaban J connectivity index is 0.00000120. The van der Waals surface area contributed by atoms with Gasteiger partial charge in [0.05, 0.1) is 18.5 Å². The molecular formula is C14H9O3Re-. The Hall–Kier alpha value is -1.63. The van der Waals surface area contributed by atoms with Crippen LogP contribution in [0, 0.1) is 6.07 Å². The second kappa shape index (κ2) is 4.93. The van der Waals surface area contributed by atoms with E-state index in [-0.39, 0.29) is 25.9 Å². The van der Waals surface area contributed by atoms with Crippen LogP contribution < -0.4 is 10.2 Å². The van der Waals surface area contributed by atoms with Gasteiger partial charge in [-0.05, 0) is 18.2 Å². The summed E-state index contributed by atoms with van der Waals surface area (Å²) in [7, 11) is 1.60. The first-order chi connectivity index (χ1) is 8.26. The minimum absolute atomic E-state index is 0. The molecule has 0 unspecified atom stereocenters. The van der Waals surface area contributed by atoms with Crippen LogP contribution in [-0.2, 0) is 20.4 Å². The van der Waals surface area contributed by atoms with E-state index in [1.807, 2.05) is 12.1 Å². The molecule has 0 spiro atoms. The molecule has 1 aliphatic heterocycles. The van der Waals surface area contributed by atoms with Crippen LogP contribution in [0.4, 0.5) is 0 Å². The third kappa shape index (κ3) is 2.18. The van der Waals surface area contributed by atoms with Gasteiger partial charge in [-0.1, -0.05) is 17.0 Å². The van der Waals surface area contributed by atoms with Crippen molar-refractivity contribution in [1.29, 1.82) is 0 Å². The maximum Gasteiger partial charge on any atom is 0.167 e. The summed E-state index contributed by atoms with van der Waals surface area (Å²) in [5.74, 6) is 1.26. The molecule has 3 rings (SSSR count). The van der Waals surface area contributed by atoms with Gasteiger partial charge < -0.3 is 9.15 Å². The van der Waals surface area contributed by atoms with Crippen molar-refractivity contribution in [3.8, 4) is 17.1 Å². The van der Waals surface area contributed by atoms with Crippen molar-refractivity contribution < 1.29 is 29.6 Å². The summed E-state index contributed by atoms with van der Waals surface area (Å²) in [6.07, 6.45) is 0. The average Bonchev–Trinajstić information content (AvgIpc) is 2.35. The third-order valence-electron chi connectivity index (χ3n) is 2.63. The molecule has 1 aromatic rings. The van der Waals surface area contributed by atoms with Crippen LogP contribution in [0.15, 0.2) is 45.6 Å². The van der Waals surface area contributed by atoms with Crippen molar-refractivity contribution in [1.82, 2.24) is 0 Å². The zero-order valence-electron chi connectivity index (χ0n) is 9.57. The number of ether oxygens (including phenoxy) is 1. The quantitative estimate of drug-likeness (QED) is 0.457. The SMILES string of the molecule is COc1ccc2[c-]c3ccc(=O)cc-3oc2c1.[Re]. The predicted molar refractivity (Wildman–Crippen MR) is 64.5 cm³/mol. The first-order valence-corrected chi connectivity index (χ1v) is 5.20. The third-order valence-corrected chi connectivity index (χ3v) is 2.63. The van der Waals surface area contributed by atoms with Gasteiger partial charge >= 0.3 is 0 Å². The van der Waals surface area contributed by atoms with E-state index in [4.69, 9.17) is 9.15 Å². The maximum absolute atomic E-state index is 11.2. The van der Waals surface area contributed by atoms with E-state index < -0.39 is 0 Å². The molecule has 0 saturated carbocycles. The van der Waals surface area contributed by atoms with Gasteiger partial charge in [-0.2, -0.15) is 0 Å². The Kier molecular flexibility index (Phi) is 3.51. The van der Waals surface area contributed by atoms with Crippen molar-refractivity contribution >= 4 is 11.0 Å². The molecule has 0 amide bonds. The summed E-state index contributed by atoms with van der Waals surface area (Å²) >= 11 is 0. The molecule has 18 heavy (non-hydrogen) atoms. The van der Waals surface area contributed by atoms with E-state index >= 15 is 0 Å². The van der Waals surface area contributed by atoms with Crippen LogP contribution in [0.5, 0.6) is 5.75 Å². The Labute approximate surface area is 117 Å². The van der Waals surface area contributed by atoms with E-state index in [0.29, 0.717) is 17.1 Å². The maximum atomic E-state index is 11.2. The van der Waals surface area contributed by atoms with Crippen LogP contribution >= 0.6 is 0 Å². The number of fused-ring (bicyclic) bond motifs is 2. The molecule has 1 aliphatic carbocycles. The largest absolute Gasteiger partial charge is 0.526 e. The van der Waals surface area contributed by atoms with E-state index in [0.717, 1.165) is 10.9 Å². The van der Waals surface area contributed by atoms with Gasteiger partial charge in [0.25, 0.3) is 0 Å². The van der Waals surface area contributed by atoms with Gasteiger partial charge in [-0.3, -0.25) is 4.79 Å². The molecule has 1 radical (unpaired) electrons. The van der Waals surface area contributed by atoms with Gasteiger partial charge in [0.2, 0.25) is 0 Å². The molecule has 0 atom stereocenters. The smallest absolute Gasteiger partial charge is 0.167 e. The van der Waals surface area contributed by atoms with Crippen molar-refractivity contribution in [3.63, 3.8) is 0 Å². The van der Waals surface area contributed by atoms with Crippen LogP contribution in [0.2, 0.25) is 0 Å². The van der Waals surface area contributed by atoms with Crippen molar-refractivity contribution in [2.75, 3.05) is 7.11 Å². The second-order valence-electron chi connectivity index (χ2n) is 3.75. The van der Waals surface area contributed by atoms with Crippen molar-refractivity contribution in [3.05, 3.63) is 52.7 Å². The molecule has 0 saturated heterocycles. The number of hydrogen-bond acceptors (Lipinski definition) is 3. The molecule has 0 aromatic heterocycles. The molecule has 0 N–H and O–H groups in total.